The maximum absolute atomic E-state index is 11.3. The van der Waals surface area contributed by atoms with Crippen molar-refractivity contribution in [3.63, 3.8) is 0 Å². The van der Waals surface area contributed by atoms with E-state index in [0.29, 0.717) is 13.2 Å². The molecule has 7 nitrogen and oxygen atoms in total. The molecule has 0 saturated carbocycles. The first kappa shape index (κ1) is 15.2. The molecule has 7 heteroatoms. The molecule has 1 aromatic carbocycles. The van der Waals surface area contributed by atoms with E-state index in [1.807, 2.05) is 19.3 Å². The van der Waals surface area contributed by atoms with Gasteiger partial charge in [0.05, 0.1) is 31.4 Å². The minimum absolute atomic E-state index is 0.0530. The molecule has 0 radical (unpaired) electrons. The van der Waals surface area contributed by atoms with Crippen LogP contribution in [0.2, 0.25) is 0 Å². The first-order valence-electron chi connectivity index (χ1n) is 7.22. The van der Waals surface area contributed by atoms with E-state index in [1.54, 1.807) is 23.0 Å². The fraction of sp³-hybridized carbons (Fsp3) is 0.312. The van der Waals surface area contributed by atoms with Gasteiger partial charge in [-0.1, -0.05) is 6.08 Å². The maximum atomic E-state index is 11.3. The van der Waals surface area contributed by atoms with Gasteiger partial charge in [0, 0.05) is 24.9 Å². The van der Waals surface area contributed by atoms with E-state index in [-0.39, 0.29) is 11.4 Å². The lowest BCUT2D eigenvalue weighted by Gasteiger charge is -2.17. The van der Waals surface area contributed by atoms with Gasteiger partial charge in [-0.25, -0.2) is 0 Å². The highest BCUT2D eigenvalue weighted by Crippen LogP contribution is 2.39. The van der Waals surface area contributed by atoms with Gasteiger partial charge in [-0.2, -0.15) is 5.10 Å². The summed E-state index contributed by atoms with van der Waals surface area (Å²) in [6.07, 6.45) is 6.31. The predicted molar refractivity (Wildman–Crippen MR) is 85.3 cm³/mol. The Morgan fingerprint density at radius 1 is 1.39 bits per heavy atom. The van der Waals surface area contributed by atoms with Gasteiger partial charge in [0.25, 0.3) is 0 Å². The van der Waals surface area contributed by atoms with Crippen molar-refractivity contribution < 1.29 is 14.4 Å². The number of aryl methyl sites for hydroxylation is 1. The molecule has 1 aromatic heterocycles. The number of nitro benzene ring substituents is 1. The Labute approximate surface area is 133 Å². The molecule has 0 unspecified atom stereocenters. The van der Waals surface area contributed by atoms with Crippen molar-refractivity contribution in [2.45, 2.75) is 6.42 Å². The zero-order chi connectivity index (χ0) is 16.4. The summed E-state index contributed by atoms with van der Waals surface area (Å²) in [5.41, 5.74) is 3.58. The van der Waals surface area contributed by atoms with Crippen molar-refractivity contribution in [3.8, 4) is 16.9 Å². The minimum Gasteiger partial charge on any atom is -0.490 e. The average Bonchev–Trinajstić information content (AvgIpc) is 3.00. The van der Waals surface area contributed by atoms with Crippen molar-refractivity contribution in [2.75, 3.05) is 20.3 Å². The second-order valence-corrected chi connectivity index (χ2v) is 5.28. The number of nitro groups is 1. The monoisotopic (exact) mass is 315 g/mol. The van der Waals surface area contributed by atoms with Gasteiger partial charge in [0.2, 0.25) is 0 Å². The lowest BCUT2D eigenvalue weighted by atomic mass is 9.92. The van der Waals surface area contributed by atoms with Crippen LogP contribution in [0.4, 0.5) is 5.69 Å². The van der Waals surface area contributed by atoms with Crippen molar-refractivity contribution in [1.29, 1.82) is 0 Å². The number of benzene rings is 1. The summed E-state index contributed by atoms with van der Waals surface area (Å²) in [6.45, 7) is 1.18. The highest BCUT2D eigenvalue weighted by Gasteiger charge is 2.22. The van der Waals surface area contributed by atoms with Gasteiger partial charge in [0.1, 0.15) is 0 Å². The Balaban J connectivity index is 2.22. The molecule has 1 aliphatic heterocycles. The minimum atomic E-state index is -0.430. The number of hydrogen-bond acceptors (Lipinski definition) is 5. The van der Waals surface area contributed by atoms with Crippen molar-refractivity contribution in [1.82, 2.24) is 9.78 Å². The largest absolute Gasteiger partial charge is 0.490 e. The number of ether oxygens (including phenoxy) is 2. The molecular weight excluding hydrogens is 298 g/mol. The van der Waals surface area contributed by atoms with Crippen molar-refractivity contribution in [3.05, 3.63) is 46.3 Å². The van der Waals surface area contributed by atoms with E-state index >= 15 is 0 Å². The molecule has 0 aliphatic carbocycles. The van der Waals surface area contributed by atoms with Crippen molar-refractivity contribution >= 4 is 11.3 Å². The second kappa shape index (κ2) is 6.21. The first-order valence-corrected chi connectivity index (χ1v) is 7.22. The average molecular weight is 315 g/mol. The van der Waals surface area contributed by atoms with Gasteiger partial charge in [-0.05, 0) is 29.2 Å². The molecule has 2 heterocycles. The molecule has 0 fully saturated rings. The van der Waals surface area contributed by atoms with E-state index in [0.717, 1.165) is 28.7 Å². The highest BCUT2D eigenvalue weighted by atomic mass is 16.6. The Bertz CT molecular complexity index is 780. The summed E-state index contributed by atoms with van der Waals surface area (Å²) in [5.74, 6) is 0.255. The van der Waals surface area contributed by atoms with Crippen LogP contribution in [-0.4, -0.2) is 35.0 Å². The predicted octanol–water partition coefficient (Wildman–Crippen LogP) is 2.81. The third-order valence-corrected chi connectivity index (χ3v) is 3.84. The van der Waals surface area contributed by atoms with Crippen LogP contribution in [-0.2, 0) is 11.8 Å². The number of methoxy groups -OCH3 is 1. The third kappa shape index (κ3) is 2.95. The van der Waals surface area contributed by atoms with Gasteiger partial charge in [-0.15, -0.1) is 0 Å². The highest BCUT2D eigenvalue weighted by molar-refractivity contribution is 5.84. The first-order chi connectivity index (χ1) is 11.1. The number of aromatic nitrogens is 2. The molecular formula is C16H17N3O4. The molecule has 120 valence electrons. The Morgan fingerprint density at radius 2 is 2.22 bits per heavy atom. The molecule has 0 N–H and O–H groups in total. The topological polar surface area (TPSA) is 79.4 Å². The lowest BCUT2D eigenvalue weighted by Crippen LogP contribution is -2.05. The lowest BCUT2D eigenvalue weighted by molar-refractivity contribution is -0.385. The van der Waals surface area contributed by atoms with Crippen LogP contribution < -0.4 is 4.74 Å². The standard InChI is InChI=1S/C16H17N3O4/c1-18-10-12(9-17-18)13-7-15(19(20)21)16(22-2)8-14(13)11-3-5-23-6-4-11/h3,7-10H,4-6H2,1-2H3. The molecule has 23 heavy (non-hydrogen) atoms. The quantitative estimate of drug-likeness (QED) is 0.640. The van der Waals surface area contributed by atoms with Crippen LogP contribution >= 0.6 is 0 Å². The molecule has 3 rings (SSSR count). The summed E-state index contributed by atoms with van der Waals surface area (Å²) in [7, 11) is 3.25. The zero-order valence-corrected chi connectivity index (χ0v) is 13.0. The number of nitrogens with zero attached hydrogens (tertiary/aromatic N) is 3. The fourth-order valence-corrected chi connectivity index (χ4v) is 2.71. The summed E-state index contributed by atoms with van der Waals surface area (Å²) >= 11 is 0. The second-order valence-electron chi connectivity index (χ2n) is 5.28. The van der Waals surface area contributed by atoms with E-state index in [2.05, 4.69) is 5.10 Å². The summed E-state index contributed by atoms with van der Waals surface area (Å²) in [5, 5.41) is 15.5. The van der Waals surface area contributed by atoms with E-state index in [9.17, 15) is 10.1 Å². The van der Waals surface area contributed by atoms with Crippen LogP contribution in [0.5, 0.6) is 5.75 Å². The Kier molecular flexibility index (Phi) is 4.12. The van der Waals surface area contributed by atoms with Gasteiger partial charge >= 0.3 is 5.69 Å². The molecule has 0 bridgehead atoms. The number of hydrogen-bond donors (Lipinski definition) is 0. The maximum Gasteiger partial charge on any atom is 0.311 e. The van der Waals surface area contributed by atoms with E-state index in [4.69, 9.17) is 9.47 Å². The summed E-state index contributed by atoms with van der Waals surface area (Å²) in [6, 6.07) is 3.29. The summed E-state index contributed by atoms with van der Waals surface area (Å²) < 4.78 is 12.2. The molecule has 0 amide bonds. The molecule has 2 aromatic rings. The molecule has 0 saturated heterocycles. The van der Waals surface area contributed by atoms with E-state index < -0.39 is 4.92 Å². The Hall–Kier alpha value is -2.67. The van der Waals surface area contributed by atoms with Crippen LogP contribution in [0.25, 0.3) is 16.7 Å². The SMILES string of the molecule is COc1cc(C2=CCOCC2)c(-c2cnn(C)c2)cc1[N+](=O)[O-]. The smallest absolute Gasteiger partial charge is 0.311 e. The van der Waals surface area contributed by atoms with E-state index in [1.165, 1.54) is 7.11 Å². The molecule has 0 spiro atoms. The van der Waals surface area contributed by atoms with Crippen molar-refractivity contribution in [2.24, 2.45) is 7.05 Å². The fourth-order valence-electron chi connectivity index (χ4n) is 2.71. The van der Waals surface area contributed by atoms with Crippen LogP contribution in [0.15, 0.2) is 30.6 Å². The zero-order valence-electron chi connectivity index (χ0n) is 13.0. The van der Waals surface area contributed by atoms with Crippen LogP contribution in [0.3, 0.4) is 0 Å². The Morgan fingerprint density at radius 3 is 2.78 bits per heavy atom. The number of rotatable bonds is 4. The normalized spacial score (nSPS) is 14.4. The third-order valence-electron chi connectivity index (χ3n) is 3.84. The van der Waals surface area contributed by atoms with Gasteiger partial charge in [-0.3, -0.25) is 14.8 Å². The van der Waals surface area contributed by atoms with Crippen LogP contribution in [0.1, 0.15) is 12.0 Å². The van der Waals surface area contributed by atoms with Gasteiger partial charge < -0.3 is 9.47 Å². The summed E-state index contributed by atoms with van der Waals surface area (Å²) in [4.78, 5) is 10.9. The molecule has 0 atom stereocenters. The van der Waals surface area contributed by atoms with Gasteiger partial charge in [0.15, 0.2) is 5.75 Å². The molecule has 1 aliphatic rings. The van der Waals surface area contributed by atoms with Crippen LogP contribution in [0, 0.1) is 10.1 Å².